The van der Waals surface area contributed by atoms with Crippen molar-refractivity contribution < 1.29 is 39.2 Å². The smallest absolute Gasteiger partial charge is 0.306 e. The lowest BCUT2D eigenvalue weighted by Gasteiger charge is -2.29. The van der Waals surface area contributed by atoms with Crippen molar-refractivity contribution in [1.82, 2.24) is 0 Å². The maximum absolute atomic E-state index is 12.1. The predicted octanol–water partition coefficient (Wildman–Crippen LogP) is 3.16. The summed E-state index contributed by atoms with van der Waals surface area (Å²) in [6.07, 6.45) is 3.47. The molecule has 2 amide bonds. The monoisotopic (exact) mass is 512 g/mol. The summed E-state index contributed by atoms with van der Waals surface area (Å²) in [6.45, 7) is 1.26. The van der Waals surface area contributed by atoms with Crippen molar-refractivity contribution in [3.63, 3.8) is 0 Å². The van der Waals surface area contributed by atoms with Gasteiger partial charge in [0.2, 0.25) is 11.8 Å². The van der Waals surface area contributed by atoms with Gasteiger partial charge in [-0.15, -0.1) is 0 Å². The molecule has 3 N–H and O–H groups in total. The molecule has 0 bridgehead atoms. The summed E-state index contributed by atoms with van der Waals surface area (Å²) in [5.41, 5.74) is 3.52. The Bertz CT molecular complexity index is 1160. The van der Waals surface area contributed by atoms with E-state index in [4.69, 9.17) is 5.11 Å². The number of methoxy groups -OCH3 is 1. The highest BCUT2D eigenvalue weighted by molar-refractivity contribution is 5.96. The fraction of sp³-hybridized carbons (Fsp3) is 0.407. The van der Waals surface area contributed by atoms with Gasteiger partial charge in [0, 0.05) is 37.3 Å². The number of carbonyl (C=O) groups excluding carboxylic acids is 3. The first-order chi connectivity index (χ1) is 17.7. The minimum Gasteiger partial charge on any atom is -0.508 e. The minimum absolute atomic E-state index is 0.00957. The van der Waals surface area contributed by atoms with E-state index in [-0.39, 0.29) is 55.0 Å². The molecule has 0 saturated heterocycles. The van der Waals surface area contributed by atoms with Crippen LogP contribution < -0.4 is 9.80 Å². The van der Waals surface area contributed by atoms with Crippen molar-refractivity contribution in [1.29, 1.82) is 0 Å². The van der Waals surface area contributed by atoms with E-state index in [2.05, 4.69) is 4.74 Å². The number of benzene rings is 2. The minimum atomic E-state index is -0.966. The molecule has 0 aliphatic carbocycles. The van der Waals surface area contributed by atoms with Crippen molar-refractivity contribution in [3.05, 3.63) is 47.5 Å². The van der Waals surface area contributed by atoms with E-state index in [1.54, 1.807) is 46.2 Å². The highest BCUT2D eigenvalue weighted by atomic mass is 16.5. The number of carbonyl (C=O) groups is 4. The summed E-state index contributed by atoms with van der Waals surface area (Å²) in [7, 11) is 1.31. The van der Waals surface area contributed by atoms with Crippen LogP contribution >= 0.6 is 0 Å². The Morgan fingerprint density at radius 3 is 1.65 bits per heavy atom. The molecule has 2 aliphatic rings. The van der Waals surface area contributed by atoms with Crippen molar-refractivity contribution in [2.24, 2.45) is 0 Å². The molecule has 37 heavy (non-hydrogen) atoms. The fourth-order valence-electron chi connectivity index (χ4n) is 4.48. The number of phenolic OH excluding ortho intramolecular Hbond substituents is 2. The zero-order valence-corrected chi connectivity index (χ0v) is 20.8. The number of carboxylic acid groups (broad SMARTS) is 1. The standard InChI is InChI=1S/C14H17NO4.C13H15NO4/c1-19-14(18)7-6-13(17)15-8-2-3-10-9-11(16)4-5-12(10)15;15-10-3-4-11-9(8-10)2-1-7-14(11)12(16)5-6-13(17)18/h4-5,9,16H,2-3,6-8H2,1H3;3-4,8,15H,1-2,5-7H2,(H,17,18). The van der Waals surface area contributed by atoms with E-state index >= 15 is 0 Å². The predicted molar refractivity (Wildman–Crippen MR) is 136 cm³/mol. The molecule has 0 unspecified atom stereocenters. The van der Waals surface area contributed by atoms with Gasteiger partial charge in [-0.25, -0.2) is 0 Å². The number of amides is 2. The zero-order chi connectivity index (χ0) is 26.9. The van der Waals surface area contributed by atoms with Gasteiger partial charge >= 0.3 is 11.9 Å². The average molecular weight is 513 g/mol. The molecule has 2 heterocycles. The number of phenols is 2. The molecule has 198 valence electrons. The summed E-state index contributed by atoms with van der Waals surface area (Å²) >= 11 is 0. The molecule has 10 heteroatoms. The summed E-state index contributed by atoms with van der Waals surface area (Å²) in [4.78, 5) is 48.9. The van der Waals surface area contributed by atoms with Crippen molar-refractivity contribution in [2.45, 2.75) is 51.4 Å². The molecular weight excluding hydrogens is 480 g/mol. The van der Waals surface area contributed by atoms with Crippen LogP contribution in [0.25, 0.3) is 0 Å². The van der Waals surface area contributed by atoms with Gasteiger partial charge in [0.25, 0.3) is 0 Å². The van der Waals surface area contributed by atoms with Crippen molar-refractivity contribution in [3.8, 4) is 11.5 Å². The number of carboxylic acids is 1. The van der Waals surface area contributed by atoms with Gasteiger partial charge in [-0.1, -0.05) is 0 Å². The Morgan fingerprint density at radius 2 is 1.22 bits per heavy atom. The normalized spacial score (nSPS) is 14.0. The highest BCUT2D eigenvalue weighted by Gasteiger charge is 2.24. The van der Waals surface area contributed by atoms with Crippen LogP contribution in [0, 0.1) is 0 Å². The van der Waals surface area contributed by atoms with Crippen LogP contribution in [0.5, 0.6) is 11.5 Å². The zero-order valence-electron chi connectivity index (χ0n) is 20.8. The third-order valence-corrected chi connectivity index (χ3v) is 6.29. The number of aliphatic carboxylic acids is 1. The third kappa shape index (κ3) is 7.45. The summed E-state index contributed by atoms with van der Waals surface area (Å²) in [6, 6.07) is 9.93. The number of esters is 1. The number of aromatic hydroxyl groups is 2. The Hall–Kier alpha value is -4.08. The molecule has 0 atom stereocenters. The Balaban J connectivity index is 0.000000206. The molecule has 2 aromatic carbocycles. The SMILES string of the molecule is COC(=O)CCC(=O)N1CCCc2cc(O)ccc21.O=C(O)CCC(=O)N1CCCc2cc(O)ccc21. The van der Waals surface area contributed by atoms with Crippen molar-refractivity contribution >= 4 is 35.1 Å². The van der Waals surface area contributed by atoms with Crippen LogP contribution in [-0.2, 0) is 36.8 Å². The van der Waals surface area contributed by atoms with Gasteiger partial charge in [-0.2, -0.15) is 0 Å². The lowest BCUT2D eigenvalue weighted by atomic mass is 10.0. The Morgan fingerprint density at radius 1 is 0.757 bits per heavy atom. The van der Waals surface area contributed by atoms with Crippen LogP contribution in [0.1, 0.15) is 49.7 Å². The van der Waals surface area contributed by atoms with E-state index < -0.39 is 5.97 Å². The molecule has 0 saturated carbocycles. The lowest BCUT2D eigenvalue weighted by molar-refractivity contribution is -0.142. The van der Waals surface area contributed by atoms with Crippen LogP contribution in [0.3, 0.4) is 0 Å². The van der Waals surface area contributed by atoms with Gasteiger partial charge < -0.3 is 29.9 Å². The van der Waals surface area contributed by atoms with Gasteiger partial charge in [0.1, 0.15) is 11.5 Å². The molecule has 10 nitrogen and oxygen atoms in total. The van der Waals surface area contributed by atoms with E-state index in [1.807, 2.05) is 0 Å². The molecule has 2 aliphatic heterocycles. The second kappa shape index (κ2) is 12.8. The second-order valence-corrected chi connectivity index (χ2v) is 8.89. The van der Waals surface area contributed by atoms with Gasteiger partial charge in [0.05, 0.1) is 20.0 Å². The topological polar surface area (TPSA) is 145 Å². The summed E-state index contributed by atoms with van der Waals surface area (Å²) in [5, 5.41) is 27.5. The number of rotatable bonds is 6. The first-order valence-electron chi connectivity index (χ1n) is 12.2. The number of anilines is 2. The number of aryl methyl sites for hydroxylation is 2. The number of ether oxygens (including phenoxy) is 1. The molecule has 0 spiro atoms. The van der Waals surface area contributed by atoms with Crippen LogP contribution in [0.15, 0.2) is 36.4 Å². The van der Waals surface area contributed by atoms with Gasteiger partial charge in [-0.3, -0.25) is 19.2 Å². The molecule has 2 aromatic rings. The Kier molecular flexibility index (Phi) is 9.48. The first-order valence-corrected chi connectivity index (χ1v) is 12.2. The Labute approximate surface area is 215 Å². The average Bonchev–Trinajstić information content (AvgIpc) is 2.89. The second-order valence-electron chi connectivity index (χ2n) is 8.89. The van der Waals surface area contributed by atoms with Crippen LogP contribution in [0.2, 0.25) is 0 Å². The highest BCUT2D eigenvalue weighted by Crippen LogP contribution is 2.31. The maximum atomic E-state index is 12.1. The molecule has 0 fully saturated rings. The number of hydrogen-bond acceptors (Lipinski definition) is 7. The fourth-order valence-corrected chi connectivity index (χ4v) is 4.48. The van der Waals surface area contributed by atoms with Crippen LogP contribution in [0.4, 0.5) is 11.4 Å². The van der Waals surface area contributed by atoms with Gasteiger partial charge in [-0.05, 0) is 73.2 Å². The number of fused-ring (bicyclic) bond motifs is 2. The number of nitrogens with zero attached hydrogens (tertiary/aromatic N) is 2. The quantitative estimate of drug-likeness (QED) is 0.501. The van der Waals surface area contributed by atoms with E-state index in [0.29, 0.717) is 13.1 Å². The lowest BCUT2D eigenvalue weighted by Crippen LogP contribution is -2.35. The summed E-state index contributed by atoms with van der Waals surface area (Å²) in [5.74, 6) is -1.21. The van der Waals surface area contributed by atoms with E-state index in [1.165, 1.54) is 7.11 Å². The van der Waals surface area contributed by atoms with Crippen molar-refractivity contribution in [2.75, 3.05) is 30.0 Å². The third-order valence-electron chi connectivity index (χ3n) is 6.29. The molecule has 0 radical (unpaired) electrons. The van der Waals surface area contributed by atoms with Gasteiger partial charge in [0.15, 0.2) is 0 Å². The molecular formula is C27H32N2O8. The molecule has 4 rings (SSSR count). The molecule has 0 aromatic heterocycles. The van der Waals surface area contributed by atoms with E-state index in [9.17, 15) is 29.4 Å². The summed E-state index contributed by atoms with van der Waals surface area (Å²) < 4.78 is 4.53. The largest absolute Gasteiger partial charge is 0.508 e. The van der Waals surface area contributed by atoms with Crippen LogP contribution in [-0.4, -0.2) is 59.3 Å². The maximum Gasteiger partial charge on any atom is 0.306 e. The first kappa shape index (κ1) is 27.5. The number of hydrogen-bond donors (Lipinski definition) is 3. The van der Waals surface area contributed by atoms with E-state index in [0.717, 1.165) is 48.2 Å².